The van der Waals surface area contributed by atoms with E-state index in [9.17, 15) is 14.4 Å². The number of aromatic amines is 1. The lowest BCUT2D eigenvalue weighted by molar-refractivity contribution is -0.138. The topological polar surface area (TPSA) is 95.2 Å². The first-order chi connectivity index (χ1) is 12.9. The second-order valence-corrected chi connectivity index (χ2v) is 7.86. The molecule has 1 fully saturated rings. The summed E-state index contributed by atoms with van der Waals surface area (Å²) in [6.07, 6.45) is 5.12. The maximum atomic E-state index is 12.6. The Morgan fingerprint density at radius 3 is 2.41 bits per heavy atom. The molecule has 2 aromatic heterocycles. The molecule has 7 nitrogen and oxygen atoms in total. The van der Waals surface area contributed by atoms with E-state index in [0.29, 0.717) is 29.2 Å². The number of hydrogen-bond donors (Lipinski definition) is 2. The summed E-state index contributed by atoms with van der Waals surface area (Å²) in [5.74, 6) is -0.944. The van der Waals surface area contributed by atoms with Gasteiger partial charge in [-0.05, 0) is 39.2 Å². The van der Waals surface area contributed by atoms with E-state index in [4.69, 9.17) is 0 Å². The maximum absolute atomic E-state index is 12.6. The van der Waals surface area contributed by atoms with Crippen LogP contribution in [0.25, 0.3) is 11.4 Å². The molecule has 1 saturated heterocycles. The Bertz CT molecular complexity index is 961. The minimum atomic E-state index is -0.277. The predicted molar refractivity (Wildman–Crippen MR) is 102 cm³/mol. The summed E-state index contributed by atoms with van der Waals surface area (Å²) >= 11 is 1.31. The van der Waals surface area contributed by atoms with Crippen LogP contribution in [0.4, 0.5) is 5.13 Å². The van der Waals surface area contributed by atoms with Gasteiger partial charge >= 0.3 is 0 Å². The number of rotatable bonds is 4. The van der Waals surface area contributed by atoms with E-state index in [1.165, 1.54) is 11.3 Å². The van der Waals surface area contributed by atoms with Crippen molar-refractivity contribution in [1.29, 1.82) is 0 Å². The monoisotopic (exact) mass is 384 g/mol. The van der Waals surface area contributed by atoms with E-state index in [1.807, 2.05) is 31.4 Å². The van der Waals surface area contributed by atoms with Gasteiger partial charge in [-0.1, -0.05) is 12.2 Å². The van der Waals surface area contributed by atoms with Gasteiger partial charge in [-0.3, -0.25) is 19.8 Å². The summed E-state index contributed by atoms with van der Waals surface area (Å²) in [6, 6.07) is 0. The molecule has 2 amide bonds. The molecule has 2 atom stereocenters. The average Bonchev–Trinajstić information content (AvgIpc) is 3.28. The predicted octanol–water partition coefficient (Wildman–Crippen LogP) is 3.24. The molecule has 1 aliphatic carbocycles. The van der Waals surface area contributed by atoms with Crippen molar-refractivity contribution in [3.63, 3.8) is 0 Å². The second kappa shape index (κ2) is 6.45. The number of Topliss-reactive ketones (excluding diaryl/α,β-unsaturated/α-hetero) is 1. The molecule has 0 saturated carbocycles. The fourth-order valence-corrected chi connectivity index (χ4v) is 4.67. The summed E-state index contributed by atoms with van der Waals surface area (Å²) in [7, 11) is 0. The number of H-pyrrole nitrogens is 1. The van der Waals surface area contributed by atoms with Crippen LogP contribution in [-0.2, 0) is 9.59 Å². The van der Waals surface area contributed by atoms with Crippen molar-refractivity contribution in [3.05, 3.63) is 34.4 Å². The average molecular weight is 384 g/mol. The molecule has 0 radical (unpaired) electrons. The summed E-state index contributed by atoms with van der Waals surface area (Å²) in [5, 5.41) is 3.41. The van der Waals surface area contributed by atoms with Gasteiger partial charge in [0.05, 0.1) is 17.5 Å². The first kappa shape index (κ1) is 17.7. The van der Waals surface area contributed by atoms with Crippen LogP contribution in [0.15, 0.2) is 17.5 Å². The normalized spacial score (nSPS) is 21.7. The number of aryl methyl sites for hydroxylation is 1. The second-order valence-electron chi connectivity index (χ2n) is 7.00. The number of carbonyl (C=O) groups excluding carboxylic acids is 3. The molecular weight excluding hydrogens is 364 g/mol. The van der Waals surface area contributed by atoms with Crippen LogP contribution in [0, 0.1) is 25.7 Å². The van der Waals surface area contributed by atoms with Crippen LogP contribution < -0.4 is 5.43 Å². The molecule has 2 aliphatic rings. The highest BCUT2D eigenvalue weighted by atomic mass is 32.1. The third kappa shape index (κ3) is 2.80. The molecule has 0 unspecified atom stereocenters. The Morgan fingerprint density at radius 1 is 1.22 bits per heavy atom. The van der Waals surface area contributed by atoms with Crippen molar-refractivity contribution >= 4 is 34.1 Å². The highest BCUT2D eigenvalue weighted by Gasteiger charge is 2.47. The lowest BCUT2D eigenvalue weighted by atomic mass is 9.85. The van der Waals surface area contributed by atoms with Gasteiger partial charge in [0.15, 0.2) is 5.78 Å². The van der Waals surface area contributed by atoms with Crippen molar-refractivity contribution in [2.75, 3.05) is 5.43 Å². The Hall–Kier alpha value is -2.74. The van der Waals surface area contributed by atoms with Gasteiger partial charge in [0.2, 0.25) is 5.13 Å². The molecule has 0 spiro atoms. The van der Waals surface area contributed by atoms with E-state index in [2.05, 4.69) is 15.4 Å². The molecule has 27 heavy (non-hydrogen) atoms. The Kier molecular flexibility index (Phi) is 4.22. The molecular formula is C19H20N4O3S. The molecule has 2 N–H and O–H groups in total. The first-order valence-corrected chi connectivity index (χ1v) is 9.72. The zero-order valence-corrected chi connectivity index (χ0v) is 16.1. The largest absolute Gasteiger partial charge is 0.356 e. The van der Waals surface area contributed by atoms with Crippen molar-refractivity contribution < 1.29 is 14.4 Å². The van der Waals surface area contributed by atoms with E-state index in [1.54, 1.807) is 6.92 Å². The maximum Gasteiger partial charge on any atom is 0.252 e. The number of nitrogens with one attached hydrogen (secondary N) is 2. The molecule has 1 aliphatic heterocycles. The quantitative estimate of drug-likeness (QED) is 0.479. The number of fused-ring (bicyclic) bond motifs is 1. The van der Waals surface area contributed by atoms with E-state index in [0.717, 1.165) is 22.0 Å². The summed E-state index contributed by atoms with van der Waals surface area (Å²) < 4.78 is 0. The fourth-order valence-electron chi connectivity index (χ4n) is 3.98. The summed E-state index contributed by atoms with van der Waals surface area (Å²) in [4.78, 5) is 44.6. The number of thiazole rings is 1. The van der Waals surface area contributed by atoms with Gasteiger partial charge in [0.25, 0.3) is 11.8 Å². The van der Waals surface area contributed by atoms with E-state index >= 15 is 0 Å². The van der Waals surface area contributed by atoms with Gasteiger partial charge in [-0.2, -0.15) is 5.01 Å². The third-order valence-electron chi connectivity index (χ3n) is 5.26. The Labute approximate surface area is 160 Å². The minimum absolute atomic E-state index is 0.00514. The lowest BCUT2D eigenvalue weighted by Gasteiger charge is -2.14. The van der Waals surface area contributed by atoms with Crippen LogP contribution in [0.2, 0.25) is 0 Å². The molecule has 0 aromatic carbocycles. The Balaban J connectivity index is 1.58. The number of nitrogens with zero attached hydrogens (tertiary/aromatic N) is 2. The van der Waals surface area contributed by atoms with Crippen molar-refractivity contribution in [2.24, 2.45) is 11.8 Å². The molecule has 0 bridgehead atoms. The number of allylic oxidation sites excluding steroid dienone is 2. The van der Waals surface area contributed by atoms with Crippen molar-refractivity contribution in [2.45, 2.75) is 33.6 Å². The number of ketones is 1. The van der Waals surface area contributed by atoms with Crippen LogP contribution in [0.1, 0.15) is 41.4 Å². The Morgan fingerprint density at radius 2 is 1.85 bits per heavy atom. The smallest absolute Gasteiger partial charge is 0.252 e. The highest BCUT2D eigenvalue weighted by Crippen LogP contribution is 2.36. The number of imide groups is 1. The number of aromatic nitrogens is 2. The van der Waals surface area contributed by atoms with Crippen LogP contribution in [0.3, 0.4) is 0 Å². The van der Waals surface area contributed by atoms with Crippen molar-refractivity contribution in [1.82, 2.24) is 15.0 Å². The number of amides is 2. The number of hydrazine groups is 1. The van der Waals surface area contributed by atoms with E-state index < -0.39 is 0 Å². The molecule has 2 aromatic rings. The standard InChI is InChI=1S/C19H20N4O3S/c1-9-15(11(3)24)10(2)20-16(9)14-8-27-19(21-14)22-23-17(25)12-6-4-5-7-13(12)18(23)26/h4-5,8,12-13,20H,6-7H2,1-3H3,(H,21,22)/t12-,13+. The summed E-state index contributed by atoms with van der Waals surface area (Å²) in [5.41, 5.74) is 6.66. The van der Waals surface area contributed by atoms with Crippen molar-refractivity contribution in [3.8, 4) is 11.4 Å². The first-order valence-electron chi connectivity index (χ1n) is 8.84. The molecule has 3 heterocycles. The SMILES string of the molecule is CC(=O)c1c(C)[nH]c(-c2csc(NN3C(=O)[C@H]4CC=CC[C@H]4C3=O)n2)c1C. The fraction of sp³-hybridized carbons (Fsp3) is 0.368. The zero-order chi connectivity index (χ0) is 19.3. The molecule has 4 rings (SSSR count). The highest BCUT2D eigenvalue weighted by molar-refractivity contribution is 7.14. The number of hydrogen-bond acceptors (Lipinski definition) is 6. The minimum Gasteiger partial charge on any atom is -0.356 e. The lowest BCUT2D eigenvalue weighted by Crippen LogP contribution is -2.36. The van der Waals surface area contributed by atoms with Gasteiger partial charge in [0, 0.05) is 16.6 Å². The van der Waals surface area contributed by atoms with Crippen LogP contribution in [-0.4, -0.2) is 32.6 Å². The number of carbonyl (C=O) groups is 3. The number of anilines is 1. The van der Waals surface area contributed by atoms with Gasteiger partial charge in [-0.25, -0.2) is 4.98 Å². The zero-order valence-electron chi connectivity index (χ0n) is 15.3. The van der Waals surface area contributed by atoms with Gasteiger partial charge < -0.3 is 4.98 Å². The molecule has 8 heteroatoms. The van der Waals surface area contributed by atoms with E-state index in [-0.39, 0.29) is 29.4 Å². The summed E-state index contributed by atoms with van der Waals surface area (Å²) in [6.45, 7) is 5.28. The van der Waals surface area contributed by atoms with Crippen LogP contribution in [0.5, 0.6) is 0 Å². The van der Waals surface area contributed by atoms with Gasteiger partial charge in [-0.15, -0.1) is 11.3 Å². The van der Waals surface area contributed by atoms with Gasteiger partial charge in [0.1, 0.15) is 5.69 Å². The third-order valence-corrected chi connectivity index (χ3v) is 6.01. The van der Waals surface area contributed by atoms with Crippen LogP contribution >= 0.6 is 11.3 Å². The molecule has 140 valence electrons.